The molecule has 2 heterocycles. The summed E-state index contributed by atoms with van der Waals surface area (Å²) in [6.07, 6.45) is 5.49. The highest BCUT2D eigenvalue weighted by atomic mass is 35.5. The van der Waals surface area contributed by atoms with Crippen molar-refractivity contribution >= 4 is 33.2 Å². The standard InChI is InChI=1S/C20H26Cl2N4O3S/c1-13-11-18(17(22)12-16(13)21)30(28,29)25-9-7-14(8-10-25)19-23-24(2)20(27)26(19)15-5-3-4-6-15/h11-12,14-15H,3-10H2,1-2H3. The molecule has 7 nitrogen and oxygen atoms in total. The fraction of sp³-hybridized carbons (Fsp3) is 0.600. The Morgan fingerprint density at radius 2 is 1.67 bits per heavy atom. The molecule has 0 N–H and O–H groups in total. The van der Waals surface area contributed by atoms with Crippen LogP contribution >= 0.6 is 23.2 Å². The molecule has 10 heteroatoms. The molecule has 1 saturated heterocycles. The van der Waals surface area contributed by atoms with E-state index in [1.807, 2.05) is 4.57 Å². The van der Waals surface area contributed by atoms with Gasteiger partial charge in [-0.2, -0.15) is 9.40 Å². The molecule has 4 rings (SSSR count). The molecule has 1 aromatic heterocycles. The summed E-state index contributed by atoms with van der Waals surface area (Å²) in [5.41, 5.74) is 0.596. The first-order valence-electron chi connectivity index (χ1n) is 10.3. The molecule has 2 aromatic rings. The molecule has 0 amide bonds. The van der Waals surface area contributed by atoms with E-state index in [0.717, 1.165) is 31.5 Å². The summed E-state index contributed by atoms with van der Waals surface area (Å²) in [5, 5.41) is 5.10. The van der Waals surface area contributed by atoms with Crippen LogP contribution in [-0.2, 0) is 17.1 Å². The van der Waals surface area contributed by atoms with Gasteiger partial charge in [-0.3, -0.25) is 4.57 Å². The average Bonchev–Trinajstić information content (AvgIpc) is 3.33. The van der Waals surface area contributed by atoms with Crippen molar-refractivity contribution in [3.05, 3.63) is 44.1 Å². The van der Waals surface area contributed by atoms with Crippen LogP contribution in [0.1, 0.15) is 61.9 Å². The Labute approximate surface area is 186 Å². The molecular formula is C20H26Cl2N4O3S. The first kappa shape index (κ1) is 21.9. The van der Waals surface area contributed by atoms with E-state index in [1.165, 1.54) is 21.1 Å². The van der Waals surface area contributed by atoms with Crippen LogP contribution in [0.3, 0.4) is 0 Å². The van der Waals surface area contributed by atoms with Crippen LogP contribution < -0.4 is 5.69 Å². The largest absolute Gasteiger partial charge is 0.345 e. The molecule has 0 spiro atoms. The lowest BCUT2D eigenvalue weighted by Gasteiger charge is -2.31. The van der Waals surface area contributed by atoms with Crippen molar-refractivity contribution in [3.8, 4) is 0 Å². The summed E-state index contributed by atoms with van der Waals surface area (Å²) >= 11 is 12.3. The first-order valence-corrected chi connectivity index (χ1v) is 12.5. The molecule has 2 aliphatic rings. The molecule has 164 valence electrons. The van der Waals surface area contributed by atoms with Crippen molar-refractivity contribution in [2.75, 3.05) is 13.1 Å². The van der Waals surface area contributed by atoms with Crippen LogP contribution in [0.25, 0.3) is 0 Å². The highest BCUT2D eigenvalue weighted by Crippen LogP contribution is 2.36. The Kier molecular flexibility index (Phi) is 6.05. The van der Waals surface area contributed by atoms with Gasteiger partial charge in [-0.1, -0.05) is 36.0 Å². The van der Waals surface area contributed by atoms with Gasteiger partial charge in [0.2, 0.25) is 10.0 Å². The third-order valence-corrected chi connectivity index (χ3v) is 9.09. The molecule has 1 aliphatic carbocycles. The van der Waals surface area contributed by atoms with Crippen molar-refractivity contribution in [1.82, 2.24) is 18.7 Å². The Bertz CT molecular complexity index is 1110. The smallest absolute Gasteiger partial charge is 0.276 e. The van der Waals surface area contributed by atoms with E-state index < -0.39 is 10.0 Å². The lowest BCUT2D eigenvalue weighted by molar-refractivity contribution is 0.304. The minimum absolute atomic E-state index is 0.0633. The van der Waals surface area contributed by atoms with Crippen LogP contribution in [0, 0.1) is 6.92 Å². The third kappa shape index (κ3) is 3.83. The van der Waals surface area contributed by atoms with Crippen LogP contribution in [0.4, 0.5) is 0 Å². The Balaban J connectivity index is 1.56. The van der Waals surface area contributed by atoms with Gasteiger partial charge in [0.15, 0.2) is 0 Å². The van der Waals surface area contributed by atoms with Crippen molar-refractivity contribution in [3.63, 3.8) is 0 Å². The second-order valence-corrected chi connectivity index (χ2v) is 11.0. The molecule has 2 fully saturated rings. The maximum absolute atomic E-state index is 13.2. The summed E-state index contributed by atoms with van der Waals surface area (Å²) in [6, 6.07) is 3.22. The van der Waals surface area contributed by atoms with Gasteiger partial charge in [-0.05, 0) is 50.3 Å². The number of hydrogen-bond donors (Lipinski definition) is 0. The molecule has 0 bridgehead atoms. The molecular weight excluding hydrogens is 447 g/mol. The van der Waals surface area contributed by atoms with Gasteiger partial charge >= 0.3 is 5.69 Å². The van der Waals surface area contributed by atoms with E-state index in [2.05, 4.69) is 5.10 Å². The number of aromatic nitrogens is 3. The van der Waals surface area contributed by atoms with Gasteiger partial charge in [-0.25, -0.2) is 17.9 Å². The fourth-order valence-corrected chi connectivity index (χ4v) is 6.88. The summed E-state index contributed by atoms with van der Waals surface area (Å²) < 4.78 is 31.1. The minimum atomic E-state index is -3.72. The van der Waals surface area contributed by atoms with Crippen molar-refractivity contribution in [2.24, 2.45) is 7.05 Å². The molecule has 1 saturated carbocycles. The molecule has 30 heavy (non-hydrogen) atoms. The first-order chi connectivity index (χ1) is 14.2. The predicted molar refractivity (Wildman–Crippen MR) is 117 cm³/mol. The number of benzene rings is 1. The number of rotatable bonds is 4. The van der Waals surface area contributed by atoms with Crippen molar-refractivity contribution in [2.45, 2.75) is 62.3 Å². The normalized spacial score (nSPS) is 19.6. The monoisotopic (exact) mass is 472 g/mol. The highest BCUT2D eigenvalue weighted by Gasteiger charge is 2.35. The second kappa shape index (κ2) is 8.30. The predicted octanol–water partition coefficient (Wildman–Crippen LogP) is 3.88. The maximum atomic E-state index is 13.2. The van der Waals surface area contributed by atoms with Crippen LogP contribution in [0.15, 0.2) is 21.8 Å². The molecule has 1 aliphatic heterocycles. The number of nitrogens with zero attached hydrogens (tertiary/aromatic N) is 4. The Morgan fingerprint density at radius 1 is 1.03 bits per heavy atom. The van der Waals surface area contributed by atoms with Crippen molar-refractivity contribution in [1.29, 1.82) is 0 Å². The van der Waals surface area contributed by atoms with Gasteiger partial charge in [0.05, 0.1) is 5.02 Å². The SMILES string of the molecule is Cc1cc(S(=O)(=O)N2CCC(c3nn(C)c(=O)n3C3CCCC3)CC2)c(Cl)cc1Cl. The lowest BCUT2D eigenvalue weighted by Crippen LogP contribution is -2.39. The van der Waals surface area contributed by atoms with E-state index in [1.54, 1.807) is 14.0 Å². The Hall–Kier alpha value is -1.35. The zero-order valence-electron chi connectivity index (χ0n) is 17.1. The number of piperidine rings is 1. The van der Waals surface area contributed by atoms with E-state index in [-0.39, 0.29) is 27.6 Å². The van der Waals surface area contributed by atoms with Gasteiger partial charge in [0.1, 0.15) is 10.7 Å². The summed E-state index contributed by atoms with van der Waals surface area (Å²) in [5.74, 6) is 0.861. The van der Waals surface area contributed by atoms with Crippen LogP contribution in [0.2, 0.25) is 10.0 Å². The maximum Gasteiger partial charge on any atom is 0.345 e. The van der Waals surface area contributed by atoms with E-state index >= 15 is 0 Å². The van der Waals surface area contributed by atoms with Gasteiger partial charge in [-0.15, -0.1) is 0 Å². The van der Waals surface area contributed by atoms with Gasteiger partial charge < -0.3 is 0 Å². The lowest BCUT2D eigenvalue weighted by atomic mass is 9.97. The number of aryl methyl sites for hydroxylation is 2. The topological polar surface area (TPSA) is 77.2 Å². The molecule has 0 atom stereocenters. The zero-order valence-corrected chi connectivity index (χ0v) is 19.5. The average molecular weight is 473 g/mol. The Morgan fingerprint density at radius 3 is 2.30 bits per heavy atom. The second-order valence-electron chi connectivity index (χ2n) is 8.28. The quantitative estimate of drug-likeness (QED) is 0.676. The van der Waals surface area contributed by atoms with E-state index in [9.17, 15) is 13.2 Å². The fourth-order valence-electron chi connectivity index (χ4n) is 4.60. The van der Waals surface area contributed by atoms with E-state index in [4.69, 9.17) is 23.2 Å². The van der Waals surface area contributed by atoms with Gasteiger partial charge in [0, 0.05) is 37.1 Å². The van der Waals surface area contributed by atoms with Crippen LogP contribution in [-0.4, -0.2) is 40.2 Å². The third-order valence-electron chi connectivity index (χ3n) is 6.32. The van der Waals surface area contributed by atoms with Crippen molar-refractivity contribution < 1.29 is 8.42 Å². The molecule has 0 radical (unpaired) electrons. The van der Waals surface area contributed by atoms with E-state index in [0.29, 0.717) is 36.5 Å². The highest BCUT2D eigenvalue weighted by molar-refractivity contribution is 7.89. The summed E-state index contributed by atoms with van der Waals surface area (Å²) in [7, 11) is -2.04. The summed E-state index contributed by atoms with van der Waals surface area (Å²) in [4.78, 5) is 12.7. The molecule has 0 unspecified atom stereocenters. The zero-order chi connectivity index (χ0) is 21.6. The molecule has 1 aromatic carbocycles. The number of halogens is 2. The van der Waals surface area contributed by atoms with Crippen LogP contribution in [0.5, 0.6) is 0 Å². The minimum Gasteiger partial charge on any atom is -0.276 e. The number of hydrogen-bond acceptors (Lipinski definition) is 4. The van der Waals surface area contributed by atoms with Gasteiger partial charge in [0.25, 0.3) is 0 Å². The number of sulfonamides is 1. The summed E-state index contributed by atoms with van der Waals surface area (Å²) in [6.45, 7) is 2.48.